The standard InChI is InChI=1S/C35H70O7S/c1-3-5-7-9-11-13-15-17-19-21-23-25-27-29-31-34(37,35(38)33(36)41-43(39,40)42-35)32-30-28-26-24-22-20-18-16-14-12-10-8-6-4-2/h33,36-38H,3-32H2,1-2H3. The van der Waals surface area contributed by atoms with Crippen molar-refractivity contribution in [3.63, 3.8) is 0 Å². The molecule has 0 saturated carbocycles. The van der Waals surface area contributed by atoms with Crippen LogP contribution in [-0.4, -0.2) is 41.4 Å². The molecule has 1 saturated heterocycles. The van der Waals surface area contributed by atoms with Gasteiger partial charge in [0.15, 0.2) is 0 Å². The minimum absolute atomic E-state index is 0.149. The quantitative estimate of drug-likeness (QED) is 0.0651. The molecule has 1 rings (SSSR count). The maximum absolute atomic E-state index is 11.8. The molecule has 0 aliphatic carbocycles. The minimum Gasteiger partial charge on any atom is -0.384 e. The fraction of sp³-hybridized carbons (Fsp3) is 1.00. The van der Waals surface area contributed by atoms with Gasteiger partial charge in [0.05, 0.1) is 0 Å². The van der Waals surface area contributed by atoms with Crippen LogP contribution >= 0.6 is 0 Å². The first-order valence-electron chi connectivity index (χ1n) is 18.5. The number of hydrogen-bond donors (Lipinski definition) is 3. The third-order valence-electron chi connectivity index (χ3n) is 9.33. The lowest BCUT2D eigenvalue weighted by Crippen LogP contribution is -2.60. The molecule has 0 spiro atoms. The number of aliphatic hydroxyl groups is 3. The number of rotatable bonds is 31. The molecule has 1 aliphatic heterocycles. The first-order valence-corrected chi connectivity index (χ1v) is 19.8. The van der Waals surface area contributed by atoms with E-state index in [0.29, 0.717) is 12.8 Å². The molecule has 1 heterocycles. The molecule has 0 amide bonds. The summed E-state index contributed by atoms with van der Waals surface area (Å²) >= 11 is 0. The van der Waals surface area contributed by atoms with Gasteiger partial charge in [-0.1, -0.05) is 194 Å². The Labute approximate surface area is 266 Å². The fourth-order valence-electron chi connectivity index (χ4n) is 6.41. The highest BCUT2D eigenvalue weighted by atomic mass is 32.3. The minimum atomic E-state index is -4.56. The van der Waals surface area contributed by atoms with Crippen LogP contribution in [0.3, 0.4) is 0 Å². The maximum Gasteiger partial charge on any atom is 0.405 e. The van der Waals surface area contributed by atoms with Crippen LogP contribution in [0.15, 0.2) is 0 Å². The molecule has 0 aromatic rings. The average Bonchev–Trinajstić information content (AvgIpc) is 3.20. The molecule has 0 aromatic heterocycles. The SMILES string of the molecule is CCCCCCCCCCCCCCCCC(O)(CCCCCCCCCCCCCCCC)C1(O)OS(=O)(=O)OC1O. The van der Waals surface area contributed by atoms with Crippen molar-refractivity contribution < 1.29 is 32.1 Å². The molecule has 1 aliphatic rings. The zero-order chi connectivity index (χ0) is 31.7. The lowest BCUT2D eigenvalue weighted by Gasteiger charge is -2.39. The lowest BCUT2D eigenvalue weighted by molar-refractivity contribution is -0.312. The van der Waals surface area contributed by atoms with E-state index in [2.05, 4.69) is 18.0 Å². The molecule has 2 atom stereocenters. The normalized spacial score (nSPS) is 20.3. The van der Waals surface area contributed by atoms with E-state index >= 15 is 0 Å². The second kappa shape index (κ2) is 24.9. The Morgan fingerprint density at radius 3 is 1.02 bits per heavy atom. The molecule has 0 aromatic carbocycles. The number of hydrogen-bond acceptors (Lipinski definition) is 7. The van der Waals surface area contributed by atoms with Crippen molar-refractivity contribution in [3.05, 3.63) is 0 Å². The van der Waals surface area contributed by atoms with Crippen LogP contribution in [0.5, 0.6) is 0 Å². The Hall–Kier alpha value is -0.250. The van der Waals surface area contributed by atoms with Crippen molar-refractivity contribution in [1.82, 2.24) is 0 Å². The monoisotopic (exact) mass is 634 g/mol. The van der Waals surface area contributed by atoms with E-state index in [9.17, 15) is 23.7 Å². The van der Waals surface area contributed by atoms with Gasteiger partial charge in [-0.25, -0.2) is 8.37 Å². The van der Waals surface area contributed by atoms with Crippen LogP contribution in [-0.2, 0) is 18.8 Å². The third-order valence-corrected chi connectivity index (χ3v) is 10.2. The molecule has 8 heteroatoms. The van der Waals surface area contributed by atoms with E-state index in [4.69, 9.17) is 4.18 Å². The van der Waals surface area contributed by atoms with E-state index in [1.807, 2.05) is 0 Å². The van der Waals surface area contributed by atoms with Crippen LogP contribution in [0.1, 0.15) is 206 Å². The Morgan fingerprint density at radius 1 is 0.535 bits per heavy atom. The van der Waals surface area contributed by atoms with E-state index in [1.165, 1.54) is 128 Å². The summed E-state index contributed by atoms with van der Waals surface area (Å²) < 4.78 is 32.9. The summed E-state index contributed by atoms with van der Waals surface area (Å²) in [6, 6.07) is 0. The first-order chi connectivity index (χ1) is 20.7. The third kappa shape index (κ3) is 18.5. The van der Waals surface area contributed by atoms with Crippen molar-refractivity contribution in [3.8, 4) is 0 Å². The predicted molar refractivity (Wildman–Crippen MR) is 177 cm³/mol. The van der Waals surface area contributed by atoms with E-state index in [0.717, 1.165) is 38.5 Å². The summed E-state index contributed by atoms with van der Waals surface area (Å²) in [6.07, 6.45) is 31.8. The van der Waals surface area contributed by atoms with Gasteiger partial charge in [0.25, 0.3) is 5.79 Å². The molecule has 0 radical (unpaired) electrons. The first kappa shape index (κ1) is 40.8. The van der Waals surface area contributed by atoms with Gasteiger partial charge in [-0.2, -0.15) is 8.42 Å². The van der Waals surface area contributed by atoms with Gasteiger partial charge in [-0.15, -0.1) is 0 Å². The Bertz CT molecular complexity index is 712. The van der Waals surface area contributed by atoms with Crippen LogP contribution in [0.25, 0.3) is 0 Å². The highest BCUT2D eigenvalue weighted by Crippen LogP contribution is 2.42. The molecular weight excluding hydrogens is 564 g/mol. The number of unbranched alkanes of at least 4 members (excludes halogenated alkanes) is 26. The highest BCUT2D eigenvalue weighted by molar-refractivity contribution is 7.82. The summed E-state index contributed by atoms with van der Waals surface area (Å²) in [4.78, 5) is 0. The van der Waals surface area contributed by atoms with Crippen LogP contribution < -0.4 is 0 Å². The Kier molecular flexibility index (Phi) is 23.6. The highest BCUT2D eigenvalue weighted by Gasteiger charge is 2.63. The summed E-state index contributed by atoms with van der Waals surface area (Å²) in [5.74, 6) is -2.68. The van der Waals surface area contributed by atoms with Gasteiger partial charge in [0.2, 0.25) is 6.29 Å². The maximum atomic E-state index is 11.8. The Balaban J connectivity index is 2.26. The largest absolute Gasteiger partial charge is 0.405 e. The summed E-state index contributed by atoms with van der Waals surface area (Å²) in [5.41, 5.74) is -1.90. The van der Waals surface area contributed by atoms with Crippen molar-refractivity contribution in [2.75, 3.05) is 0 Å². The van der Waals surface area contributed by atoms with Gasteiger partial charge in [-0.05, 0) is 12.8 Å². The topological polar surface area (TPSA) is 113 Å². The second-order valence-electron chi connectivity index (χ2n) is 13.4. The van der Waals surface area contributed by atoms with Crippen molar-refractivity contribution in [2.24, 2.45) is 0 Å². The van der Waals surface area contributed by atoms with Gasteiger partial charge in [0.1, 0.15) is 5.60 Å². The molecule has 258 valence electrons. The fourth-order valence-corrected chi connectivity index (χ4v) is 7.35. The van der Waals surface area contributed by atoms with Crippen LogP contribution in [0.4, 0.5) is 0 Å². The van der Waals surface area contributed by atoms with Crippen LogP contribution in [0.2, 0.25) is 0 Å². The van der Waals surface area contributed by atoms with E-state index < -0.39 is 28.1 Å². The van der Waals surface area contributed by atoms with E-state index in [1.54, 1.807) is 0 Å². The smallest absolute Gasteiger partial charge is 0.384 e. The zero-order valence-corrected chi connectivity index (χ0v) is 29.0. The van der Waals surface area contributed by atoms with Gasteiger partial charge in [-0.3, -0.25) is 0 Å². The van der Waals surface area contributed by atoms with Gasteiger partial charge >= 0.3 is 10.4 Å². The molecule has 3 N–H and O–H groups in total. The lowest BCUT2D eigenvalue weighted by atomic mass is 9.82. The summed E-state index contributed by atoms with van der Waals surface area (Å²) in [6.45, 7) is 4.50. The molecule has 2 unspecified atom stereocenters. The number of aliphatic hydroxyl groups excluding tert-OH is 1. The average molecular weight is 635 g/mol. The van der Waals surface area contributed by atoms with Gasteiger partial charge < -0.3 is 15.3 Å². The zero-order valence-electron chi connectivity index (χ0n) is 28.2. The van der Waals surface area contributed by atoms with Crippen molar-refractivity contribution >= 4 is 10.4 Å². The summed E-state index contributed by atoms with van der Waals surface area (Å²) in [5, 5.41) is 32.7. The molecule has 1 fully saturated rings. The van der Waals surface area contributed by atoms with E-state index in [-0.39, 0.29) is 12.8 Å². The molecule has 43 heavy (non-hydrogen) atoms. The molecular formula is C35H70O7S. The van der Waals surface area contributed by atoms with Gasteiger partial charge in [0, 0.05) is 0 Å². The van der Waals surface area contributed by atoms with Crippen LogP contribution in [0, 0.1) is 0 Å². The predicted octanol–water partition coefficient (Wildman–Crippen LogP) is 9.76. The van der Waals surface area contributed by atoms with Crippen molar-refractivity contribution in [2.45, 2.75) is 224 Å². The molecule has 0 bridgehead atoms. The summed E-state index contributed by atoms with van der Waals surface area (Å²) in [7, 11) is -4.56. The second-order valence-corrected chi connectivity index (χ2v) is 14.5. The van der Waals surface area contributed by atoms with Crippen molar-refractivity contribution in [1.29, 1.82) is 0 Å². The molecule has 7 nitrogen and oxygen atoms in total. The Morgan fingerprint density at radius 2 is 0.791 bits per heavy atom.